The molecule has 6 heteroatoms. The van der Waals surface area contributed by atoms with Gasteiger partial charge in [-0.2, -0.15) is 0 Å². The maximum absolute atomic E-state index is 13.4. The zero-order valence-electron chi connectivity index (χ0n) is 15.1. The summed E-state index contributed by atoms with van der Waals surface area (Å²) < 4.78 is 6.15. The van der Waals surface area contributed by atoms with Gasteiger partial charge in [0.15, 0.2) is 16.7 Å². The summed E-state index contributed by atoms with van der Waals surface area (Å²) in [5.74, 6) is -0.0553. The van der Waals surface area contributed by atoms with Crippen LogP contribution in [0.1, 0.15) is 42.9 Å². The molecule has 3 aliphatic rings. The SMILES string of the molecule is Cc1ccc(C2C3=C(OC4CCCCC4C3=O)C(=O)N2c2nccs2)cc1. The normalized spacial score (nSPS) is 27.4. The Hall–Kier alpha value is -2.47. The number of rotatable bonds is 2. The molecule has 138 valence electrons. The van der Waals surface area contributed by atoms with Crippen LogP contribution in [0.15, 0.2) is 47.2 Å². The molecule has 2 aromatic rings. The van der Waals surface area contributed by atoms with E-state index in [1.807, 2.05) is 36.6 Å². The molecule has 1 saturated carbocycles. The Morgan fingerprint density at radius 2 is 1.93 bits per heavy atom. The summed E-state index contributed by atoms with van der Waals surface area (Å²) in [4.78, 5) is 32.7. The molecular formula is C21H20N2O3S. The highest BCUT2D eigenvalue weighted by molar-refractivity contribution is 7.13. The van der Waals surface area contributed by atoms with Gasteiger partial charge in [0, 0.05) is 11.6 Å². The molecule has 5 nitrogen and oxygen atoms in total. The van der Waals surface area contributed by atoms with Gasteiger partial charge in [-0.25, -0.2) is 4.98 Å². The van der Waals surface area contributed by atoms with Gasteiger partial charge in [-0.15, -0.1) is 11.3 Å². The maximum Gasteiger partial charge on any atom is 0.296 e. The van der Waals surface area contributed by atoms with Crippen molar-refractivity contribution in [3.63, 3.8) is 0 Å². The number of anilines is 1. The quantitative estimate of drug-likeness (QED) is 0.791. The van der Waals surface area contributed by atoms with Gasteiger partial charge >= 0.3 is 0 Å². The lowest BCUT2D eigenvalue weighted by atomic mass is 9.77. The van der Waals surface area contributed by atoms with E-state index in [2.05, 4.69) is 4.98 Å². The molecule has 0 spiro atoms. The number of benzene rings is 1. The van der Waals surface area contributed by atoms with Gasteiger partial charge in [0.1, 0.15) is 6.10 Å². The van der Waals surface area contributed by atoms with E-state index < -0.39 is 6.04 Å². The second-order valence-electron chi connectivity index (χ2n) is 7.46. The number of aryl methyl sites for hydroxylation is 1. The predicted molar refractivity (Wildman–Crippen MR) is 102 cm³/mol. The van der Waals surface area contributed by atoms with Gasteiger partial charge in [-0.05, 0) is 31.7 Å². The predicted octanol–water partition coefficient (Wildman–Crippen LogP) is 3.95. The van der Waals surface area contributed by atoms with Crippen molar-refractivity contribution < 1.29 is 14.3 Å². The highest BCUT2D eigenvalue weighted by Gasteiger charge is 2.52. The third-order valence-electron chi connectivity index (χ3n) is 5.78. The largest absolute Gasteiger partial charge is 0.483 e. The van der Waals surface area contributed by atoms with Crippen molar-refractivity contribution in [2.45, 2.75) is 44.8 Å². The van der Waals surface area contributed by atoms with Crippen molar-refractivity contribution in [3.05, 3.63) is 58.3 Å². The van der Waals surface area contributed by atoms with Crippen LogP contribution < -0.4 is 4.90 Å². The monoisotopic (exact) mass is 380 g/mol. The van der Waals surface area contributed by atoms with E-state index in [9.17, 15) is 9.59 Å². The molecule has 3 heterocycles. The van der Waals surface area contributed by atoms with Gasteiger partial charge in [-0.3, -0.25) is 14.5 Å². The number of hydrogen-bond acceptors (Lipinski definition) is 5. The van der Waals surface area contributed by atoms with Gasteiger partial charge in [-0.1, -0.05) is 36.2 Å². The van der Waals surface area contributed by atoms with Crippen molar-refractivity contribution in [3.8, 4) is 0 Å². The number of amides is 1. The second-order valence-corrected chi connectivity index (χ2v) is 8.33. The fraction of sp³-hybridized carbons (Fsp3) is 0.381. The number of nitrogens with zero attached hydrogens (tertiary/aromatic N) is 2. The maximum atomic E-state index is 13.4. The first kappa shape index (κ1) is 16.7. The van der Waals surface area contributed by atoms with Crippen LogP contribution >= 0.6 is 11.3 Å². The van der Waals surface area contributed by atoms with Crippen LogP contribution in [0.25, 0.3) is 0 Å². The van der Waals surface area contributed by atoms with Crippen molar-refractivity contribution in [1.82, 2.24) is 4.98 Å². The fourth-order valence-electron chi connectivity index (χ4n) is 4.44. The highest BCUT2D eigenvalue weighted by Crippen LogP contribution is 2.48. The summed E-state index contributed by atoms with van der Waals surface area (Å²) >= 11 is 1.40. The van der Waals surface area contributed by atoms with Crippen molar-refractivity contribution >= 4 is 28.2 Å². The van der Waals surface area contributed by atoms with E-state index in [4.69, 9.17) is 4.74 Å². The van der Waals surface area contributed by atoms with Crippen molar-refractivity contribution in [2.75, 3.05) is 4.90 Å². The first-order chi connectivity index (χ1) is 13.1. The Kier molecular flexibility index (Phi) is 3.90. The smallest absolute Gasteiger partial charge is 0.296 e. The molecule has 5 rings (SSSR count). The number of thiazole rings is 1. The minimum absolute atomic E-state index is 0.0823. The zero-order valence-corrected chi connectivity index (χ0v) is 15.9. The molecule has 27 heavy (non-hydrogen) atoms. The minimum atomic E-state index is -0.463. The van der Waals surface area contributed by atoms with Crippen LogP contribution in [0, 0.1) is 12.8 Å². The van der Waals surface area contributed by atoms with Gasteiger partial charge < -0.3 is 4.74 Å². The first-order valence-corrected chi connectivity index (χ1v) is 10.3. The van der Waals surface area contributed by atoms with Gasteiger partial charge in [0.05, 0.1) is 17.5 Å². The second kappa shape index (κ2) is 6.30. The van der Waals surface area contributed by atoms with E-state index in [0.717, 1.165) is 36.8 Å². The van der Waals surface area contributed by atoms with E-state index >= 15 is 0 Å². The summed E-state index contributed by atoms with van der Waals surface area (Å²) in [6.45, 7) is 2.02. The number of carbonyl (C=O) groups excluding carboxylic acids is 2. The number of ether oxygens (including phenoxy) is 1. The van der Waals surface area contributed by atoms with Crippen molar-refractivity contribution in [2.24, 2.45) is 5.92 Å². The van der Waals surface area contributed by atoms with Crippen LogP contribution in [0.2, 0.25) is 0 Å². The third-order valence-corrected chi connectivity index (χ3v) is 6.55. The fourth-order valence-corrected chi connectivity index (χ4v) is 5.11. The Morgan fingerprint density at radius 1 is 1.15 bits per heavy atom. The van der Waals surface area contributed by atoms with Crippen LogP contribution in [0.5, 0.6) is 0 Å². The number of Topliss-reactive ketones (excluding diaryl/α,β-unsaturated/α-hetero) is 1. The van der Waals surface area contributed by atoms with E-state index in [-0.39, 0.29) is 29.5 Å². The minimum Gasteiger partial charge on any atom is -0.483 e. The lowest BCUT2D eigenvalue weighted by Crippen LogP contribution is -2.39. The van der Waals surface area contributed by atoms with Crippen LogP contribution in [0.3, 0.4) is 0 Å². The van der Waals surface area contributed by atoms with E-state index in [1.54, 1.807) is 11.1 Å². The van der Waals surface area contributed by atoms with E-state index in [1.165, 1.54) is 11.3 Å². The molecule has 2 aliphatic heterocycles. The molecule has 1 fully saturated rings. The topological polar surface area (TPSA) is 59.5 Å². The molecule has 1 aromatic carbocycles. The summed E-state index contributed by atoms with van der Waals surface area (Å²) in [7, 11) is 0. The summed E-state index contributed by atoms with van der Waals surface area (Å²) in [6, 6.07) is 7.54. The van der Waals surface area contributed by atoms with E-state index in [0.29, 0.717) is 10.7 Å². The molecule has 0 saturated heterocycles. The standard InChI is InChI=1S/C21H20N2O3S/c1-12-6-8-13(9-7-12)17-16-18(24)14-4-2-3-5-15(14)26-19(16)20(25)23(17)21-22-10-11-27-21/h6-11,14-15,17H,2-5H2,1H3. The number of aromatic nitrogens is 1. The lowest BCUT2D eigenvalue weighted by Gasteiger charge is -2.35. The molecular weight excluding hydrogens is 360 g/mol. The lowest BCUT2D eigenvalue weighted by molar-refractivity contribution is -0.131. The number of ketones is 1. The van der Waals surface area contributed by atoms with Crippen LogP contribution in [-0.2, 0) is 14.3 Å². The van der Waals surface area contributed by atoms with Crippen molar-refractivity contribution in [1.29, 1.82) is 0 Å². The average molecular weight is 380 g/mol. The molecule has 0 N–H and O–H groups in total. The summed E-state index contributed by atoms with van der Waals surface area (Å²) in [5.41, 5.74) is 2.57. The Labute approximate surface area is 161 Å². The molecule has 0 bridgehead atoms. The Bertz CT molecular complexity index is 933. The van der Waals surface area contributed by atoms with Gasteiger partial charge in [0.2, 0.25) is 0 Å². The zero-order chi connectivity index (χ0) is 18.5. The Morgan fingerprint density at radius 3 is 2.67 bits per heavy atom. The summed E-state index contributed by atoms with van der Waals surface area (Å²) in [5, 5.41) is 2.44. The highest BCUT2D eigenvalue weighted by atomic mass is 32.1. The molecule has 0 radical (unpaired) electrons. The molecule has 1 aliphatic carbocycles. The molecule has 3 atom stereocenters. The first-order valence-electron chi connectivity index (χ1n) is 9.40. The third kappa shape index (κ3) is 2.54. The molecule has 1 amide bonds. The molecule has 1 aromatic heterocycles. The average Bonchev–Trinajstić information content (AvgIpc) is 3.30. The Balaban J connectivity index is 1.65. The van der Waals surface area contributed by atoms with Crippen LogP contribution in [-0.4, -0.2) is 22.8 Å². The molecule has 3 unspecified atom stereocenters. The number of hydrogen-bond donors (Lipinski definition) is 0. The number of fused-ring (bicyclic) bond motifs is 1. The van der Waals surface area contributed by atoms with Gasteiger partial charge in [0.25, 0.3) is 5.91 Å². The van der Waals surface area contributed by atoms with Crippen LogP contribution in [0.4, 0.5) is 5.13 Å². The summed E-state index contributed by atoms with van der Waals surface area (Å²) in [6.07, 6.45) is 5.28. The number of carbonyl (C=O) groups is 2.